The average Bonchev–Trinajstić information content (AvgIpc) is 3.83. The molecule has 0 saturated heterocycles. The van der Waals surface area contributed by atoms with Gasteiger partial charge in [-0.25, -0.2) is 0 Å². The third-order valence-electron chi connectivity index (χ3n) is 9.48. The molecule has 8 aromatic rings. The van der Waals surface area contributed by atoms with E-state index in [4.69, 9.17) is 6.85 Å². The highest BCUT2D eigenvalue weighted by Crippen LogP contribution is 2.57. The summed E-state index contributed by atoms with van der Waals surface area (Å²) >= 11 is 1.71. The Bertz CT molecular complexity index is 2590. The summed E-state index contributed by atoms with van der Waals surface area (Å²) in [5.41, 5.74) is 10.8. The molecule has 1 nitrogen and oxygen atoms in total. The Labute approximate surface area is 299 Å². The maximum Gasteiger partial charge on any atom is 0.101 e. The number of nitrogens with zero attached hydrogens (tertiary/aromatic N) is 1. The Morgan fingerprint density at radius 1 is 0.449 bits per heavy atom. The number of benzene rings is 7. The van der Waals surface area contributed by atoms with Crippen LogP contribution in [0.2, 0.25) is 0 Å². The van der Waals surface area contributed by atoms with Crippen molar-refractivity contribution in [2.24, 2.45) is 0 Å². The number of para-hydroxylation sites is 1. The topological polar surface area (TPSA) is 3.24 Å². The van der Waals surface area contributed by atoms with Crippen molar-refractivity contribution in [3.63, 3.8) is 0 Å². The van der Waals surface area contributed by atoms with Crippen LogP contribution in [-0.4, -0.2) is 0 Å². The molecule has 0 amide bonds. The molecule has 0 atom stereocenters. The van der Waals surface area contributed by atoms with Crippen LogP contribution in [0, 0.1) is 0 Å². The number of thiophene rings is 1. The molecule has 1 aromatic heterocycles. The number of hydrogen-bond donors (Lipinski definition) is 0. The van der Waals surface area contributed by atoms with Crippen LogP contribution < -0.4 is 4.90 Å². The van der Waals surface area contributed by atoms with Gasteiger partial charge in [0.25, 0.3) is 0 Å². The zero-order valence-corrected chi connectivity index (χ0v) is 27.3. The van der Waals surface area contributed by atoms with Crippen LogP contribution in [0.4, 0.5) is 16.4 Å². The third-order valence-corrected chi connectivity index (χ3v) is 10.6. The minimum atomic E-state index is -0.483. The van der Waals surface area contributed by atoms with Gasteiger partial charge in [-0.15, -0.1) is 11.3 Å². The fourth-order valence-corrected chi connectivity index (χ4v) is 8.40. The molecule has 0 N–H and O–H groups in total. The molecule has 1 heterocycles. The van der Waals surface area contributed by atoms with Gasteiger partial charge < -0.3 is 4.90 Å². The number of anilines is 3. The lowest BCUT2D eigenvalue weighted by atomic mass is 9.67. The summed E-state index contributed by atoms with van der Waals surface area (Å²) in [4.78, 5) is 3.33. The summed E-state index contributed by atoms with van der Waals surface area (Å²) in [5, 5.41) is 1.02. The molecule has 0 radical (unpaired) electrons. The van der Waals surface area contributed by atoms with Crippen molar-refractivity contribution in [3.8, 4) is 32.7 Å². The Morgan fingerprint density at radius 3 is 1.71 bits per heavy atom. The van der Waals surface area contributed by atoms with Crippen LogP contribution in [0.25, 0.3) is 32.7 Å². The van der Waals surface area contributed by atoms with Crippen LogP contribution in [0.15, 0.2) is 200 Å². The highest BCUT2D eigenvalue weighted by atomic mass is 32.1. The molecule has 1 aliphatic rings. The first kappa shape index (κ1) is 24.2. The van der Waals surface area contributed by atoms with Crippen molar-refractivity contribution in [1.82, 2.24) is 0 Å². The summed E-state index contributed by atoms with van der Waals surface area (Å²) in [6.07, 6.45) is 0. The molecule has 9 rings (SSSR count). The largest absolute Gasteiger partial charge is 0.302 e. The Kier molecular flexibility index (Phi) is 6.05. The molecular weight excluding hydrogens is 611 g/mol. The van der Waals surface area contributed by atoms with E-state index in [2.05, 4.69) is 132 Å². The van der Waals surface area contributed by atoms with E-state index < -0.39 is 11.5 Å². The van der Waals surface area contributed by atoms with Gasteiger partial charge in [0.2, 0.25) is 0 Å². The number of rotatable bonds is 7. The predicted molar refractivity (Wildman–Crippen MR) is 207 cm³/mol. The highest BCUT2D eigenvalue weighted by molar-refractivity contribution is 7.19. The van der Waals surface area contributed by atoms with Crippen molar-refractivity contribution < 1.29 is 6.85 Å². The van der Waals surface area contributed by atoms with E-state index in [1.54, 1.807) is 11.3 Å². The molecule has 49 heavy (non-hydrogen) atoms. The fourth-order valence-electron chi connectivity index (χ4n) is 7.35. The van der Waals surface area contributed by atoms with Gasteiger partial charge in [-0.2, -0.15) is 0 Å². The van der Waals surface area contributed by atoms with E-state index >= 15 is 0 Å². The van der Waals surface area contributed by atoms with E-state index in [1.165, 1.54) is 33.4 Å². The van der Waals surface area contributed by atoms with E-state index in [9.17, 15) is 0 Å². The first-order valence-corrected chi connectivity index (χ1v) is 17.2. The normalized spacial score (nSPS) is 14.1. The smallest absolute Gasteiger partial charge is 0.101 e. The lowest BCUT2D eigenvalue weighted by molar-refractivity contribution is 0.769. The van der Waals surface area contributed by atoms with Crippen molar-refractivity contribution in [3.05, 3.63) is 222 Å². The molecule has 2 heteroatoms. The molecule has 0 unspecified atom stereocenters. The average molecular weight is 649 g/mol. The lowest BCUT2D eigenvalue weighted by Gasteiger charge is -2.34. The molecule has 7 aromatic carbocycles. The molecular formula is C47H33NS. The van der Waals surface area contributed by atoms with E-state index in [0.717, 1.165) is 26.8 Å². The first-order valence-electron chi connectivity index (χ1n) is 18.9. The maximum absolute atomic E-state index is 8.49. The van der Waals surface area contributed by atoms with E-state index in [0.29, 0.717) is 5.56 Å². The second-order valence-corrected chi connectivity index (χ2v) is 13.2. The van der Waals surface area contributed by atoms with E-state index in [1.807, 2.05) is 42.5 Å². The van der Waals surface area contributed by atoms with Gasteiger partial charge in [-0.05, 0) is 92.5 Å². The summed E-state index contributed by atoms with van der Waals surface area (Å²) in [6, 6.07) is 57.9. The van der Waals surface area contributed by atoms with Crippen LogP contribution in [-0.2, 0) is 5.41 Å². The second kappa shape index (κ2) is 12.2. The van der Waals surface area contributed by atoms with Gasteiger partial charge >= 0.3 is 0 Å². The molecule has 0 fully saturated rings. The van der Waals surface area contributed by atoms with Crippen molar-refractivity contribution in [1.29, 1.82) is 0 Å². The van der Waals surface area contributed by atoms with Gasteiger partial charge in [-0.3, -0.25) is 0 Å². The van der Waals surface area contributed by atoms with Crippen molar-refractivity contribution in [2.75, 3.05) is 4.90 Å². The Hall–Kier alpha value is -5.96. The molecule has 1 aliphatic carbocycles. The standard InChI is InChI=1S/C47H33NS/c1-5-15-34(16-6-1)35-25-28-40(29-26-35)48(39-21-11-4-12-22-39)46-32-31-45(49-46)36-27-30-42-41-23-13-14-24-43(41)47(44(42)33-36,37-17-7-2-8-18-37)38-19-9-3-10-20-38/h1-33H/i1D,5D,6D,15D,16D. The zero-order chi connectivity index (χ0) is 37.0. The van der Waals surface area contributed by atoms with Crippen molar-refractivity contribution >= 4 is 27.7 Å². The summed E-state index contributed by atoms with van der Waals surface area (Å²) in [5.74, 6) is 0. The Balaban J connectivity index is 1.16. The first-order chi connectivity index (χ1) is 26.4. The third kappa shape index (κ3) is 4.92. The van der Waals surface area contributed by atoms with Crippen molar-refractivity contribution in [2.45, 2.75) is 5.41 Å². The van der Waals surface area contributed by atoms with Gasteiger partial charge in [0.05, 0.1) is 12.3 Å². The minimum Gasteiger partial charge on any atom is -0.302 e. The predicted octanol–water partition coefficient (Wildman–Crippen LogP) is 12.9. The fraction of sp³-hybridized carbons (Fsp3) is 0.0213. The minimum absolute atomic E-state index is 0.193. The second-order valence-electron chi connectivity index (χ2n) is 12.1. The zero-order valence-electron chi connectivity index (χ0n) is 31.5. The number of hydrogen-bond acceptors (Lipinski definition) is 2. The quantitative estimate of drug-likeness (QED) is 0.166. The van der Waals surface area contributed by atoms with Gasteiger partial charge in [0.1, 0.15) is 5.00 Å². The van der Waals surface area contributed by atoms with Crippen LogP contribution in [0.5, 0.6) is 0 Å². The van der Waals surface area contributed by atoms with Gasteiger partial charge in [0, 0.05) is 16.3 Å². The molecule has 0 aliphatic heterocycles. The van der Waals surface area contributed by atoms with Crippen LogP contribution in [0.3, 0.4) is 0 Å². The molecule has 0 saturated carbocycles. The SMILES string of the molecule is [2H]c1c([2H])c([2H])c(-c2ccc(N(c3ccccc3)c3ccc(-c4ccc5c(c4)C(c4ccccc4)(c4ccccc4)c4ccccc4-5)s3)cc2)c([2H])c1[2H]. The summed E-state index contributed by atoms with van der Waals surface area (Å²) < 4.78 is 41.3. The lowest BCUT2D eigenvalue weighted by Crippen LogP contribution is -2.28. The van der Waals surface area contributed by atoms with Crippen LogP contribution >= 0.6 is 11.3 Å². The molecule has 0 bridgehead atoms. The Morgan fingerprint density at radius 2 is 1.02 bits per heavy atom. The molecule has 0 spiro atoms. The monoisotopic (exact) mass is 648 g/mol. The summed E-state index contributed by atoms with van der Waals surface area (Å²) in [6.45, 7) is 0. The van der Waals surface area contributed by atoms with Gasteiger partial charge in [0.15, 0.2) is 0 Å². The molecule has 232 valence electrons. The maximum atomic E-state index is 8.49. The summed E-state index contributed by atoms with van der Waals surface area (Å²) in [7, 11) is 0. The van der Waals surface area contributed by atoms with E-state index in [-0.39, 0.29) is 29.7 Å². The van der Waals surface area contributed by atoms with Gasteiger partial charge in [-0.1, -0.05) is 158 Å². The number of fused-ring (bicyclic) bond motifs is 3. The highest BCUT2D eigenvalue weighted by Gasteiger charge is 2.46. The van der Waals surface area contributed by atoms with Crippen LogP contribution in [0.1, 0.15) is 29.1 Å².